The summed E-state index contributed by atoms with van der Waals surface area (Å²) in [6.07, 6.45) is 2.58. The van der Waals surface area contributed by atoms with Crippen LogP contribution in [-0.4, -0.2) is 35.3 Å². The molecule has 1 fully saturated rings. The molecule has 1 N–H and O–H groups in total. The van der Waals surface area contributed by atoms with E-state index in [1.54, 1.807) is 31.5 Å². The fraction of sp³-hybridized carbons (Fsp3) is 0.364. The van der Waals surface area contributed by atoms with E-state index in [9.17, 15) is 9.59 Å². The number of pyridine rings is 1. The first kappa shape index (κ1) is 10.8. The van der Waals surface area contributed by atoms with Crippen LogP contribution < -0.4 is 5.32 Å². The topological polar surface area (TPSA) is 68.3 Å². The molecule has 0 bridgehead atoms. The number of ether oxygens (including phenoxy) is 1. The van der Waals surface area contributed by atoms with E-state index < -0.39 is 23.7 Å². The highest BCUT2D eigenvalue weighted by Gasteiger charge is 2.50. The Morgan fingerprint density at radius 3 is 2.88 bits per heavy atom. The number of nitrogens with zero attached hydrogens (tertiary/aromatic N) is 1. The molecule has 0 aromatic carbocycles. The van der Waals surface area contributed by atoms with Crippen LogP contribution in [-0.2, 0) is 14.3 Å². The third kappa shape index (κ3) is 1.81. The van der Waals surface area contributed by atoms with Crippen molar-refractivity contribution in [3.8, 4) is 0 Å². The Hall–Kier alpha value is -1.75. The molecule has 0 amide bonds. The minimum absolute atomic E-state index is 0.412. The summed E-state index contributed by atoms with van der Waals surface area (Å²) >= 11 is 0. The maximum absolute atomic E-state index is 11.3. The minimum atomic E-state index is -0.655. The highest BCUT2D eigenvalue weighted by molar-refractivity contribution is 6.49. The summed E-state index contributed by atoms with van der Waals surface area (Å²) < 4.78 is 5.19. The third-order valence-electron chi connectivity index (χ3n) is 2.42. The molecule has 2 rings (SSSR count). The van der Waals surface area contributed by atoms with E-state index in [0.29, 0.717) is 12.3 Å². The van der Waals surface area contributed by atoms with Crippen LogP contribution in [0.1, 0.15) is 6.92 Å². The van der Waals surface area contributed by atoms with Gasteiger partial charge in [0.05, 0.1) is 5.69 Å². The predicted octanol–water partition coefficient (Wildman–Crippen LogP) is 0.419. The summed E-state index contributed by atoms with van der Waals surface area (Å²) in [4.78, 5) is 26.5. The molecular formula is C11H12N2O3. The first-order valence-electron chi connectivity index (χ1n) is 5.10. The van der Waals surface area contributed by atoms with Gasteiger partial charge in [0.15, 0.2) is 6.10 Å². The van der Waals surface area contributed by atoms with Crippen molar-refractivity contribution in [3.05, 3.63) is 24.5 Å². The van der Waals surface area contributed by atoms with Crippen LogP contribution in [0.4, 0.5) is 5.69 Å². The van der Waals surface area contributed by atoms with Crippen molar-refractivity contribution < 1.29 is 14.3 Å². The van der Waals surface area contributed by atoms with Gasteiger partial charge in [-0.15, -0.1) is 0 Å². The molecule has 1 heterocycles. The number of carbonyl (C=O) groups is 2. The summed E-state index contributed by atoms with van der Waals surface area (Å²) in [6.45, 7) is 2.20. The van der Waals surface area contributed by atoms with E-state index in [4.69, 9.17) is 4.74 Å². The van der Waals surface area contributed by atoms with Gasteiger partial charge in [0.2, 0.25) is 11.6 Å². The van der Waals surface area contributed by atoms with Crippen molar-refractivity contribution in [2.24, 2.45) is 0 Å². The lowest BCUT2D eigenvalue weighted by Crippen LogP contribution is -2.62. The van der Waals surface area contributed by atoms with Gasteiger partial charge in [0.1, 0.15) is 6.04 Å². The SMILES string of the molecule is CCOC1C(=O)C(=O)C1Nc1cccnc1. The van der Waals surface area contributed by atoms with Crippen molar-refractivity contribution in [3.63, 3.8) is 0 Å². The molecule has 5 heteroatoms. The Balaban J connectivity index is 2.04. The molecule has 84 valence electrons. The second kappa shape index (κ2) is 4.40. The fourth-order valence-electron chi connectivity index (χ4n) is 1.61. The number of hydrogen-bond acceptors (Lipinski definition) is 5. The number of Topliss-reactive ketones (excluding diaryl/α,β-unsaturated/α-hetero) is 2. The Morgan fingerprint density at radius 2 is 2.25 bits per heavy atom. The van der Waals surface area contributed by atoms with E-state index in [2.05, 4.69) is 10.3 Å². The largest absolute Gasteiger partial charge is 0.371 e. The summed E-state index contributed by atoms with van der Waals surface area (Å²) in [5.74, 6) is -0.884. The number of ketones is 2. The summed E-state index contributed by atoms with van der Waals surface area (Å²) in [7, 11) is 0. The van der Waals surface area contributed by atoms with E-state index >= 15 is 0 Å². The predicted molar refractivity (Wildman–Crippen MR) is 57.1 cm³/mol. The average molecular weight is 220 g/mol. The molecule has 0 radical (unpaired) electrons. The van der Waals surface area contributed by atoms with Crippen LogP contribution in [0.5, 0.6) is 0 Å². The van der Waals surface area contributed by atoms with E-state index in [-0.39, 0.29) is 0 Å². The summed E-state index contributed by atoms with van der Waals surface area (Å²) in [6, 6.07) is 2.96. The number of rotatable bonds is 4. The van der Waals surface area contributed by atoms with E-state index in [1.165, 1.54) is 0 Å². The zero-order valence-electron chi connectivity index (χ0n) is 8.84. The van der Waals surface area contributed by atoms with Crippen LogP contribution >= 0.6 is 0 Å². The van der Waals surface area contributed by atoms with Gasteiger partial charge >= 0.3 is 0 Å². The van der Waals surface area contributed by atoms with Crippen LogP contribution in [0.15, 0.2) is 24.5 Å². The molecule has 1 aliphatic carbocycles. The molecule has 1 aliphatic rings. The maximum atomic E-state index is 11.3. The van der Waals surface area contributed by atoms with Gasteiger partial charge < -0.3 is 10.1 Å². The zero-order valence-corrected chi connectivity index (χ0v) is 8.84. The number of hydrogen-bond donors (Lipinski definition) is 1. The molecular weight excluding hydrogens is 208 g/mol. The first-order chi connectivity index (χ1) is 7.74. The molecule has 0 aliphatic heterocycles. The first-order valence-corrected chi connectivity index (χ1v) is 5.10. The third-order valence-corrected chi connectivity index (χ3v) is 2.42. The number of nitrogens with one attached hydrogen (secondary N) is 1. The summed E-state index contributed by atoms with van der Waals surface area (Å²) in [5.41, 5.74) is 0.707. The molecule has 5 nitrogen and oxygen atoms in total. The second-order valence-corrected chi connectivity index (χ2v) is 3.47. The van der Waals surface area contributed by atoms with E-state index in [1.807, 2.05) is 0 Å². The van der Waals surface area contributed by atoms with Crippen LogP contribution in [0.2, 0.25) is 0 Å². The molecule has 1 saturated carbocycles. The van der Waals surface area contributed by atoms with Gasteiger partial charge in [-0.1, -0.05) is 0 Å². The second-order valence-electron chi connectivity index (χ2n) is 3.47. The highest BCUT2D eigenvalue weighted by atomic mass is 16.5. The lowest BCUT2D eigenvalue weighted by Gasteiger charge is -2.33. The number of aromatic nitrogens is 1. The van der Waals surface area contributed by atoms with Gasteiger partial charge in [0, 0.05) is 19.0 Å². The monoisotopic (exact) mass is 220 g/mol. The van der Waals surface area contributed by atoms with Gasteiger partial charge in [0.25, 0.3) is 0 Å². The average Bonchev–Trinajstić information content (AvgIpc) is 2.34. The van der Waals surface area contributed by atoms with Gasteiger partial charge in [-0.3, -0.25) is 14.6 Å². The zero-order chi connectivity index (χ0) is 11.5. The normalized spacial score (nSPS) is 24.1. The van der Waals surface area contributed by atoms with Crippen molar-refractivity contribution >= 4 is 17.3 Å². The Morgan fingerprint density at radius 1 is 1.44 bits per heavy atom. The van der Waals surface area contributed by atoms with Crippen molar-refractivity contribution in [2.75, 3.05) is 11.9 Å². The quantitative estimate of drug-likeness (QED) is 0.745. The van der Waals surface area contributed by atoms with Crippen molar-refractivity contribution in [2.45, 2.75) is 19.1 Å². The fourth-order valence-corrected chi connectivity index (χ4v) is 1.61. The molecule has 16 heavy (non-hydrogen) atoms. The molecule has 0 spiro atoms. The van der Waals surface area contributed by atoms with Crippen molar-refractivity contribution in [1.29, 1.82) is 0 Å². The lowest BCUT2D eigenvalue weighted by molar-refractivity contribution is -0.156. The smallest absolute Gasteiger partial charge is 0.231 e. The van der Waals surface area contributed by atoms with Crippen LogP contribution in [0.25, 0.3) is 0 Å². The van der Waals surface area contributed by atoms with Crippen LogP contribution in [0.3, 0.4) is 0 Å². The molecule has 2 atom stereocenters. The highest BCUT2D eigenvalue weighted by Crippen LogP contribution is 2.20. The van der Waals surface area contributed by atoms with Crippen LogP contribution in [0, 0.1) is 0 Å². The Kier molecular flexibility index (Phi) is 2.96. The lowest BCUT2D eigenvalue weighted by atomic mass is 9.85. The molecule has 1 aromatic heterocycles. The maximum Gasteiger partial charge on any atom is 0.231 e. The standard InChI is InChI=1S/C11H12N2O3/c1-2-16-11-8(9(14)10(11)15)13-7-4-3-5-12-6-7/h3-6,8,11,13H,2H2,1H3. The van der Waals surface area contributed by atoms with Gasteiger partial charge in [-0.2, -0.15) is 0 Å². The van der Waals surface area contributed by atoms with E-state index in [0.717, 1.165) is 0 Å². The van der Waals surface area contributed by atoms with Gasteiger partial charge in [-0.05, 0) is 19.1 Å². The number of anilines is 1. The Labute approximate surface area is 92.8 Å². The summed E-state index contributed by atoms with van der Waals surface area (Å²) in [5, 5.41) is 2.94. The minimum Gasteiger partial charge on any atom is -0.371 e. The number of carbonyl (C=O) groups excluding carboxylic acids is 2. The Bertz CT molecular complexity index is 405. The molecule has 2 unspecified atom stereocenters. The molecule has 1 aromatic rings. The molecule has 0 saturated heterocycles. The van der Waals surface area contributed by atoms with Crippen molar-refractivity contribution in [1.82, 2.24) is 4.98 Å². The van der Waals surface area contributed by atoms with Gasteiger partial charge in [-0.25, -0.2) is 0 Å².